The third-order valence-electron chi connectivity index (χ3n) is 4.92. The molecule has 0 unspecified atom stereocenters. The zero-order valence-electron chi connectivity index (χ0n) is 15.3. The highest BCUT2D eigenvalue weighted by molar-refractivity contribution is 5.66. The number of allylic oxidation sites excluding steroid dienone is 1. The fourth-order valence-electron chi connectivity index (χ4n) is 3.47. The van der Waals surface area contributed by atoms with Crippen LogP contribution in [0.15, 0.2) is 24.3 Å². The summed E-state index contributed by atoms with van der Waals surface area (Å²) in [6.07, 6.45) is 12.3. The second-order valence-electron chi connectivity index (χ2n) is 7.05. The molecule has 1 aliphatic carbocycles. The first-order chi connectivity index (χ1) is 12.0. The maximum atomic E-state index is 10.6. The van der Waals surface area contributed by atoms with Gasteiger partial charge in [-0.25, -0.2) is 0 Å². The van der Waals surface area contributed by atoms with Crippen LogP contribution in [-0.2, 0) is 4.79 Å². The van der Waals surface area contributed by atoms with Crippen LogP contribution in [-0.4, -0.2) is 44.7 Å². The Labute approximate surface area is 151 Å². The Morgan fingerprint density at radius 1 is 1.16 bits per heavy atom. The number of hydrogen-bond donors (Lipinski definition) is 4. The van der Waals surface area contributed by atoms with Crippen LogP contribution in [0.5, 0.6) is 0 Å². The average molecular weight is 354 g/mol. The highest BCUT2D eigenvalue weighted by Gasteiger charge is 2.39. The van der Waals surface area contributed by atoms with Gasteiger partial charge >= 0.3 is 5.97 Å². The van der Waals surface area contributed by atoms with Gasteiger partial charge in [0.1, 0.15) is 0 Å². The van der Waals surface area contributed by atoms with E-state index in [-0.39, 0.29) is 18.3 Å². The van der Waals surface area contributed by atoms with Crippen LogP contribution < -0.4 is 0 Å². The lowest BCUT2D eigenvalue weighted by molar-refractivity contribution is -0.137. The lowest BCUT2D eigenvalue weighted by Gasteiger charge is -2.20. The van der Waals surface area contributed by atoms with Crippen molar-refractivity contribution < 1.29 is 25.2 Å². The smallest absolute Gasteiger partial charge is 0.303 e. The maximum absolute atomic E-state index is 10.6. The zero-order chi connectivity index (χ0) is 18.7. The minimum atomic E-state index is -0.846. The van der Waals surface area contributed by atoms with Gasteiger partial charge in [0.15, 0.2) is 0 Å². The normalized spacial score (nSPS) is 28.2. The van der Waals surface area contributed by atoms with E-state index in [0.29, 0.717) is 25.7 Å². The van der Waals surface area contributed by atoms with Gasteiger partial charge < -0.3 is 20.4 Å². The Morgan fingerprint density at radius 2 is 1.92 bits per heavy atom. The molecule has 0 aromatic carbocycles. The molecule has 1 fully saturated rings. The van der Waals surface area contributed by atoms with Crippen LogP contribution >= 0.6 is 0 Å². The number of hydrogen-bond acceptors (Lipinski definition) is 4. The Morgan fingerprint density at radius 3 is 2.60 bits per heavy atom. The van der Waals surface area contributed by atoms with E-state index in [9.17, 15) is 20.1 Å². The molecule has 0 amide bonds. The first-order valence-electron chi connectivity index (χ1n) is 9.55. The minimum absolute atomic E-state index is 0.0706. The summed E-state index contributed by atoms with van der Waals surface area (Å²) in [5.74, 6) is -1.23. The molecule has 0 aromatic rings. The number of unbranched alkanes of at least 4 members (excludes halogenated alkanes) is 3. The highest BCUT2D eigenvalue weighted by atomic mass is 16.4. The highest BCUT2D eigenvalue weighted by Crippen LogP contribution is 2.37. The first-order valence-corrected chi connectivity index (χ1v) is 9.55. The van der Waals surface area contributed by atoms with Gasteiger partial charge in [0.2, 0.25) is 0 Å². The number of carboxylic acids is 1. The van der Waals surface area contributed by atoms with Gasteiger partial charge in [-0.3, -0.25) is 4.79 Å². The number of carboxylic acid groups (broad SMARTS) is 1. The van der Waals surface area contributed by atoms with E-state index in [2.05, 4.69) is 13.0 Å². The van der Waals surface area contributed by atoms with Crippen molar-refractivity contribution in [1.82, 2.24) is 0 Å². The molecule has 0 aliphatic heterocycles. The Hall–Kier alpha value is -1.17. The van der Waals surface area contributed by atoms with Crippen molar-refractivity contribution in [3.8, 4) is 0 Å². The summed E-state index contributed by atoms with van der Waals surface area (Å²) in [5.41, 5.74) is 0. The number of aliphatic carboxylic acids is 1. The molecule has 25 heavy (non-hydrogen) atoms. The van der Waals surface area contributed by atoms with E-state index in [0.717, 1.165) is 6.42 Å². The van der Waals surface area contributed by atoms with Gasteiger partial charge in [0, 0.05) is 18.8 Å². The number of rotatable bonds is 12. The van der Waals surface area contributed by atoms with Crippen molar-refractivity contribution in [2.75, 3.05) is 0 Å². The second-order valence-corrected chi connectivity index (χ2v) is 7.05. The topological polar surface area (TPSA) is 98.0 Å². The molecule has 1 rings (SSSR count). The Bertz CT molecular complexity index is 432. The summed E-state index contributed by atoms with van der Waals surface area (Å²) in [7, 11) is 0. The van der Waals surface area contributed by atoms with Crippen molar-refractivity contribution in [3.05, 3.63) is 24.3 Å². The minimum Gasteiger partial charge on any atom is -0.481 e. The predicted molar refractivity (Wildman–Crippen MR) is 98.1 cm³/mol. The van der Waals surface area contributed by atoms with E-state index in [1.54, 1.807) is 12.2 Å². The van der Waals surface area contributed by atoms with Gasteiger partial charge in [-0.2, -0.15) is 0 Å². The molecule has 0 spiro atoms. The average Bonchev–Trinajstić information content (AvgIpc) is 2.82. The van der Waals surface area contributed by atoms with Crippen LogP contribution in [0.25, 0.3) is 0 Å². The largest absolute Gasteiger partial charge is 0.481 e. The molecule has 0 heterocycles. The zero-order valence-corrected chi connectivity index (χ0v) is 15.3. The van der Waals surface area contributed by atoms with Crippen molar-refractivity contribution in [2.45, 2.75) is 83.0 Å². The molecule has 5 nitrogen and oxygen atoms in total. The summed E-state index contributed by atoms with van der Waals surface area (Å²) in [6, 6.07) is 0. The summed E-state index contributed by atoms with van der Waals surface area (Å²) in [4.78, 5) is 10.6. The second kappa shape index (κ2) is 12.2. The van der Waals surface area contributed by atoms with E-state index in [4.69, 9.17) is 5.11 Å². The van der Waals surface area contributed by atoms with Crippen LogP contribution in [0, 0.1) is 11.8 Å². The lowest BCUT2D eigenvalue weighted by atomic mass is 9.88. The molecule has 4 N–H and O–H groups in total. The third kappa shape index (κ3) is 8.66. The summed E-state index contributed by atoms with van der Waals surface area (Å²) in [6.45, 7) is 2.17. The molecule has 0 radical (unpaired) electrons. The van der Waals surface area contributed by atoms with Gasteiger partial charge in [-0.15, -0.1) is 0 Å². The van der Waals surface area contributed by atoms with Gasteiger partial charge in [0.25, 0.3) is 0 Å². The van der Waals surface area contributed by atoms with Crippen molar-refractivity contribution in [1.29, 1.82) is 0 Å². The quantitative estimate of drug-likeness (QED) is 0.319. The molecule has 1 saturated carbocycles. The number of aliphatic hydroxyl groups excluding tert-OH is 3. The molecule has 0 aromatic heterocycles. The van der Waals surface area contributed by atoms with Crippen molar-refractivity contribution >= 4 is 5.97 Å². The van der Waals surface area contributed by atoms with Gasteiger partial charge in [0.05, 0.1) is 18.3 Å². The summed E-state index contributed by atoms with van der Waals surface area (Å²) < 4.78 is 0. The monoisotopic (exact) mass is 354 g/mol. The number of aliphatic hydroxyl groups is 3. The fraction of sp³-hybridized carbons (Fsp3) is 0.750. The van der Waals surface area contributed by atoms with Gasteiger partial charge in [-0.05, 0) is 38.0 Å². The van der Waals surface area contributed by atoms with E-state index < -0.39 is 24.3 Å². The molecular formula is C20H34O5. The molecule has 5 atom stereocenters. The van der Waals surface area contributed by atoms with Crippen molar-refractivity contribution in [2.24, 2.45) is 11.8 Å². The Balaban J connectivity index is 2.44. The summed E-state index contributed by atoms with van der Waals surface area (Å²) >= 11 is 0. The SMILES string of the molecule is CCCCC/C=C\C[C@H](O)/C=C/[C@H]1[C@H](CCCC(=O)O)[C@H](O)C[C@@H]1O. The standard InChI is InChI=1S/C20H34O5/c1-2-3-4-5-6-7-9-15(21)12-13-17-16(10-8-11-20(24)25)18(22)14-19(17)23/h6-7,12-13,15-19,21-23H,2-5,8-11,14H2,1H3,(H,24,25)/b7-6-,13-12+/t15-,16-,17-,18+,19-/m0/s1. The molecule has 0 bridgehead atoms. The van der Waals surface area contributed by atoms with Crippen LogP contribution in [0.3, 0.4) is 0 Å². The molecule has 5 heteroatoms. The van der Waals surface area contributed by atoms with Crippen molar-refractivity contribution in [3.63, 3.8) is 0 Å². The molecule has 0 saturated heterocycles. The predicted octanol–water partition coefficient (Wildman–Crippen LogP) is 3.04. The lowest BCUT2D eigenvalue weighted by Crippen LogP contribution is -2.21. The summed E-state index contributed by atoms with van der Waals surface area (Å²) in [5, 5.41) is 39.0. The molecule has 144 valence electrons. The number of carbonyl (C=O) groups is 1. The molecule has 1 aliphatic rings. The van der Waals surface area contributed by atoms with E-state index >= 15 is 0 Å². The third-order valence-corrected chi connectivity index (χ3v) is 4.92. The van der Waals surface area contributed by atoms with Crippen LogP contribution in [0.1, 0.15) is 64.7 Å². The van der Waals surface area contributed by atoms with E-state index in [1.807, 2.05) is 6.08 Å². The Kier molecular flexibility index (Phi) is 10.7. The maximum Gasteiger partial charge on any atom is 0.303 e. The fourth-order valence-corrected chi connectivity index (χ4v) is 3.47. The van der Waals surface area contributed by atoms with Crippen LogP contribution in [0.2, 0.25) is 0 Å². The first kappa shape index (κ1) is 21.9. The molecular weight excluding hydrogens is 320 g/mol. The van der Waals surface area contributed by atoms with E-state index in [1.165, 1.54) is 19.3 Å². The van der Waals surface area contributed by atoms with Gasteiger partial charge in [-0.1, -0.05) is 44.1 Å². The van der Waals surface area contributed by atoms with Crippen LogP contribution in [0.4, 0.5) is 0 Å².